The SMILES string of the molecule is CN=C(NCC1COCCO1)N1CCN(C(C)=O)CC1. The molecule has 0 radical (unpaired) electrons. The van der Waals surface area contributed by atoms with Crippen molar-refractivity contribution in [2.45, 2.75) is 13.0 Å². The molecule has 1 unspecified atom stereocenters. The topological polar surface area (TPSA) is 66.4 Å². The van der Waals surface area contributed by atoms with Gasteiger partial charge in [-0.3, -0.25) is 9.79 Å². The Hall–Kier alpha value is -1.34. The van der Waals surface area contributed by atoms with Gasteiger partial charge in [0.25, 0.3) is 0 Å². The van der Waals surface area contributed by atoms with Crippen LogP contribution in [0.15, 0.2) is 4.99 Å². The van der Waals surface area contributed by atoms with E-state index in [9.17, 15) is 4.79 Å². The van der Waals surface area contributed by atoms with Crippen molar-refractivity contribution >= 4 is 11.9 Å². The number of rotatable bonds is 2. The molecule has 2 aliphatic rings. The molecular formula is C13H24N4O3. The van der Waals surface area contributed by atoms with Crippen molar-refractivity contribution in [2.24, 2.45) is 4.99 Å². The van der Waals surface area contributed by atoms with Crippen LogP contribution in [0.3, 0.4) is 0 Å². The molecule has 0 bridgehead atoms. The van der Waals surface area contributed by atoms with E-state index in [1.54, 1.807) is 14.0 Å². The van der Waals surface area contributed by atoms with Crippen molar-refractivity contribution in [3.63, 3.8) is 0 Å². The van der Waals surface area contributed by atoms with Gasteiger partial charge in [-0.2, -0.15) is 0 Å². The van der Waals surface area contributed by atoms with Crippen molar-refractivity contribution in [2.75, 3.05) is 59.6 Å². The first-order chi connectivity index (χ1) is 9.70. The minimum atomic E-state index is 0.0824. The first-order valence-electron chi connectivity index (χ1n) is 7.11. The summed E-state index contributed by atoms with van der Waals surface area (Å²) >= 11 is 0. The third-order valence-electron chi connectivity index (χ3n) is 3.61. The van der Waals surface area contributed by atoms with Gasteiger partial charge in [0.15, 0.2) is 5.96 Å². The van der Waals surface area contributed by atoms with Gasteiger partial charge < -0.3 is 24.6 Å². The fraction of sp³-hybridized carbons (Fsp3) is 0.846. The van der Waals surface area contributed by atoms with Crippen molar-refractivity contribution in [1.29, 1.82) is 0 Å². The van der Waals surface area contributed by atoms with E-state index in [1.807, 2.05) is 4.90 Å². The molecule has 0 aromatic carbocycles. The van der Waals surface area contributed by atoms with Gasteiger partial charge in [0.05, 0.1) is 25.9 Å². The first-order valence-corrected chi connectivity index (χ1v) is 7.11. The maximum absolute atomic E-state index is 11.3. The highest BCUT2D eigenvalue weighted by atomic mass is 16.6. The Morgan fingerprint density at radius 1 is 1.25 bits per heavy atom. The van der Waals surface area contributed by atoms with Crippen LogP contribution in [0.1, 0.15) is 6.92 Å². The minimum absolute atomic E-state index is 0.0824. The second kappa shape index (κ2) is 7.44. The lowest BCUT2D eigenvalue weighted by atomic mass is 10.3. The summed E-state index contributed by atoms with van der Waals surface area (Å²) in [4.78, 5) is 19.6. The zero-order chi connectivity index (χ0) is 14.4. The largest absolute Gasteiger partial charge is 0.376 e. The average Bonchev–Trinajstić information content (AvgIpc) is 2.49. The predicted octanol–water partition coefficient (Wildman–Crippen LogP) is -0.859. The standard InChI is InChI=1S/C13H24N4O3/c1-11(18)16-3-5-17(6-4-16)13(14-2)15-9-12-10-19-7-8-20-12/h12H,3-10H2,1-2H3,(H,14,15). The van der Waals surface area contributed by atoms with Crippen LogP contribution in [0.25, 0.3) is 0 Å². The Balaban J connectivity index is 1.76. The van der Waals surface area contributed by atoms with E-state index in [2.05, 4.69) is 15.2 Å². The monoisotopic (exact) mass is 284 g/mol. The fourth-order valence-corrected chi connectivity index (χ4v) is 2.42. The van der Waals surface area contributed by atoms with Crippen LogP contribution in [0.5, 0.6) is 0 Å². The summed E-state index contributed by atoms with van der Waals surface area (Å²) in [5.41, 5.74) is 0. The van der Waals surface area contributed by atoms with Crippen LogP contribution >= 0.6 is 0 Å². The molecule has 2 saturated heterocycles. The molecule has 7 heteroatoms. The number of hydrogen-bond donors (Lipinski definition) is 1. The van der Waals surface area contributed by atoms with Crippen LogP contribution in [0.4, 0.5) is 0 Å². The zero-order valence-corrected chi connectivity index (χ0v) is 12.3. The summed E-state index contributed by atoms with van der Waals surface area (Å²) in [6.07, 6.45) is 0.0824. The lowest BCUT2D eigenvalue weighted by Crippen LogP contribution is -2.54. The second-order valence-corrected chi connectivity index (χ2v) is 4.99. The van der Waals surface area contributed by atoms with Gasteiger partial charge in [-0.15, -0.1) is 0 Å². The lowest BCUT2D eigenvalue weighted by molar-refractivity contribution is -0.130. The Kier molecular flexibility index (Phi) is 5.60. The number of nitrogens with one attached hydrogen (secondary N) is 1. The summed E-state index contributed by atoms with van der Waals surface area (Å²) in [7, 11) is 1.78. The summed E-state index contributed by atoms with van der Waals surface area (Å²) in [6.45, 7) is 7.38. The van der Waals surface area contributed by atoms with Crippen molar-refractivity contribution < 1.29 is 14.3 Å². The van der Waals surface area contributed by atoms with E-state index in [0.717, 1.165) is 32.1 Å². The van der Waals surface area contributed by atoms with E-state index >= 15 is 0 Å². The minimum Gasteiger partial charge on any atom is -0.376 e. The maximum Gasteiger partial charge on any atom is 0.219 e. The molecule has 2 rings (SSSR count). The highest BCUT2D eigenvalue weighted by Crippen LogP contribution is 2.04. The van der Waals surface area contributed by atoms with Crippen molar-refractivity contribution in [3.05, 3.63) is 0 Å². The molecule has 1 amide bonds. The van der Waals surface area contributed by atoms with Gasteiger partial charge in [-0.25, -0.2) is 0 Å². The van der Waals surface area contributed by atoms with Crippen molar-refractivity contribution in [3.8, 4) is 0 Å². The third kappa shape index (κ3) is 4.08. The van der Waals surface area contributed by atoms with E-state index in [1.165, 1.54) is 0 Å². The lowest BCUT2D eigenvalue weighted by Gasteiger charge is -2.36. The molecule has 0 aromatic rings. The van der Waals surface area contributed by atoms with Crippen LogP contribution in [-0.4, -0.2) is 87.4 Å². The number of nitrogens with zero attached hydrogens (tertiary/aromatic N) is 3. The smallest absolute Gasteiger partial charge is 0.219 e. The molecule has 1 atom stereocenters. The number of carbonyl (C=O) groups is 1. The number of carbonyl (C=O) groups excluding carboxylic acids is 1. The molecule has 2 fully saturated rings. The maximum atomic E-state index is 11.3. The molecule has 1 N–H and O–H groups in total. The number of ether oxygens (including phenoxy) is 2. The van der Waals surface area contributed by atoms with E-state index in [0.29, 0.717) is 26.4 Å². The number of aliphatic imine (C=N–C) groups is 1. The van der Waals surface area contributed by atoms with Crippen LogP contribution in [-0.2, 0) is 14.3 Å². The third-order valence-corrected chi connectivity index (χ3v) is 3.61. The molecule has 114 valence electrons. The molecule has 0 aliphatic carbocycles. The predicted molar refractivity (Wildman–Crippen MR) is 75.7 cm³/mol. The van der Waals surface area contributed by atoms with Crippen LogP contribution in [0, 0.1) is 0 Å². The first kappa shape index (κ1) is 15.1. The summed E-state index contributed by atoms with van der Waals surface area (Å²) in [5.74, 6) is 1.00. The van der Waals surface area contributed by atoms with E-state index < -0.39 is 0 Å². The number of guanidine groups is 1. The summed E-state index contributed by atoms with van der Waals surface area (Å²) in [6, 6.07) is 0. The fourth-order valence-electron chi connectivity index (χ4n) is 2.42. The Labute approximate surface area is 119 Å². The number of amides is 1. The Morgan fingerprint density at radius 2 is 1.95 bits per heavy atom. The normalized spacial score (nSPS) is 24.7. The molecule has 2 heterocycles. The number of hydrogen-bond acceptors (Lipinski definition) is 4. The van der Waals surface area contributed by atoms with Crippen LogP contribution < -0.4 is 5.32 Å². The van der Waals surface area contributed by atoms with Gasteiger partial charge in [0, 0.05) is 46.7 Å². The van der Waals surface area contributed by atoms with Crippen molar-refractivity contribution in [1.82, 2.24) is 15.1 Å². The summed E-state index contributed by atoms with van der Waals surface area (Å²) in [5, 5.41) is 3.32. The molecule has 20 heavy (non-hydrogen) atoms. The van der Waals surface area contributed by atoms with Crippen LogP contribution in [0.2, 0.25) is 0 Å². The quantitative estimate of drug-likeness (QED) is 0.528. The second-order valence-electron chi connectivity index (χ2n) is 4.99. The average molecular weight is 284 g/mol. The Morgan fingerprint density at radius 3 is 2.50 bits per heavy atom. The molecule has 2 aliphatic heterocycles. The number of piperazine rings is 1. The van der Waals surface area contributed by atoms with Gasteiger partial charge in [0.1, 0.15) is 0 Å². The van der Waals surface area contributed by atoms with Gasteiger partial charge in [-0.1, -0.05) is 0 Å². The van der Waals surface area contributed by atoms with E-state index in [-0.39, 0.29) is 12.0 Å². The van der Waals surface area contributed by atoms with Gasteiger partial charge in [-0.05, 0) is 0 Å². The summed E-state index contributed by atoms with van der Waals surface area (Å²) < 4.78 is 11.0. The molecule has 0 aromatic heterocycles. The van der Waals surface area contributed by atoms with E-state index in [4.69, 9.17) is 9.47 Å². The highest BCUT2D eigenvalue weighted by molar-refractivity contribution is 5.80. The Bertz CT molecular complexity index is 348. The molecular weight excluding hydrogens is 260 g/mol. The van der Waals surface area contributed by atoms with Gasteiger partial charge >= 0.3 is 0 Å². The van der Waals surface area contributed by atoms with Gasteiger partial charge in [0.2, 0.25) is 5.91 Å². The molecule has 0 saturated carbocycles. The highest BCUT2D eigenvalue weighted by Gasteiger charge is 2.22. The molecule has 0 spiro atoms. The molecule has 7 nitrogen and oxygen atoms in total. The zero-order valence-electron chi connectivity index (χ0n) is 12.3.